The van der Waals surface area contributed by atoms with Crippen LogP contribution in [0.1, 0.15) is 11.5 Å². The molecule has 2 unspecified atom stereocenters. The van der Waals surface area contributed by atoms with Crippen molar-refractivity contribution in [3.8, 4) is 39.1 Å². The third-order valence-electron chi connectivity index (χ3n) is 11.4. The summed E-state index contributed by atoms with van der Waals surface area (Å²) in [6.07, 6.45) is 8.77. The Morgan fingerprint density at radius 3 is 1.87 bits per heavy atom. The van der Waals surface area contributed by atoms with Crippen LogP contribution in [0, 0.1) is 0 Å². The van der Waals surface area contributed by atoms with Gasteiger partial charge in [-0.15, -0.1) is 11.3 Å². The van der Waals surface area contributed by atoms with Gasteiger partial charge in [0.1, 0.15) is 23.0 Å². The summed E-state index contributed by atoms with van der Waals surface area (Å²) in [6, 6.07) is 53.1. The summed E-state index contributed by atoms with van der Waals surface area (Å²) >= 11 is 1.86. The monoisotopic (exact) mass is 694 g/mol. The molecular weight excluding hydrogens is 665 g/mol. The normalized spacial score (nSPS) is 16.3. The summed E-state index contributed by atoms with van der Waals surface area (Å²) in [5.74, 6) is 1.10. The molecule has 2 nitrogen and oxygen atoms in total. The summed E-state index contributed by atoms with van der Waals surface area (Å²) in [5, 5.41) is 9.78. The molecule has 0 fully saturated rings. The van der Waals surface area contributed by atoms with Crippen molar-refractivity contribution in [3.05, 3.63) is 175 Å². The van der Waals surface area contributed by atoms with Gasteiger partial charge in [-0.25, -0.2) is 0 Å². The summed E-state index contributed by atoms with van der Waals surface area (Å²) in [6.45, 7) is 0. The van der Waals surface area contributed by atoms with Crippen molar-refractivity contribution in [1.82, 2.24) is 0 Å². The number of rotatable bonds is 3. The second-order valence-corrected chi connectivity index (χ2v) is 15.3. The Labute approximate surface area is 309 Å². The number of hydrogen-bond acceptors (Lipinski definition) is 3. The van der Waals surface area contributed by atoms with Crippen LogP contribution in [0.3, 0.4) is 0 Å². The lowest BCUT2D eigenvalue weighted by molar-refractivity contribution is 0.270. The van der Waals surface area contributed by atoms with Crippen LogP contribution in [0.25, 0.3) is 97.0 Å². The molecule has 0 spiro atoms. The first-order chi connectivity index (χ1) is 26.3. The van der Waals surface area contributed by atoms with E-state index in [2.05, 4.69) is 158 Å². The molecule has 0 N–H and O–H groups in total. The number of hydrogen-bond donors (Lipinski definition) is 0. The fraction of sp³-hybridized carbons (Fsp3) is 0.0400. The molecule has 0 bridgehead atoms. The minimum absolute atomic E-state index is 0.0482. The summed E-state index contributed by atoms with van der Waals surface area (Å²) < 4.78 is 16.0. The number of fused-ring (bicyclic) bond motifs is 11. The van der Waals surface area contributed by atoms with Crippen LogP contribution in [0.4, 0.5) is 0 Å². The van der Waals surface area contributed by atoms with Gasteiger partial charge >= 0.3 is 0 Å². The maximum atomic E-state index is 6.98. The van der Waals surface area contributed by atoms with Gasteiger partial charge < -0.3 is 9.15 Å². The van der Waals surface area contributed by atoms with Crippen LogP contribution in [0.15, 0.2) is 174 Å². The minimum atomic E-state index is -0.0482. The molecule has 3 heteroatoms. The van der Waals surface area contributed by atoms with Crippen LogP contribution in [-0.4, -0.2) is 6.10 Å². The summed E-state index contributed by atoms with van der Waals surface area (Å²) in [4.78, 5) is 0. The van der Waals surface area contributed by atoms with Crippen molar-refractivity contribution >= 4 is 75.0 Å². The van der Waals surface area contributed by atoms with E-state index in [1.54, 1.807) is 0 Å². The van der Waals surface area contributed by atoms with E-state index in [0.717, 1.165) is 38.8 Å². The Balaban J connectivity index is 1.12. The number of allylic oxidation sites excluding steroid dienone is 2. The number of thiophene rings is 1. The van der Waals surface area contributed by atoms with Gasteiger partial charge in [0.15, 0.2) is 0 Å². The van der Waals surface area contributed by atoms with E-state index in [9.17, 15) is 0 Å². The Morgan fingerprint density at radius 1 is 0.434 bits per heavy atom. The molecule has 12 rings (SSSR count). The SMILES string of the molecule is C1=CC2Oc3c(-c4ccc5sc6ccccc6c5c4)ccc(-c4c5ccccc5c(-c5ccc6c(c5)oc5ccccc56)c5ccccc45)c3C2C=C1. The highest BCUT2D eigenvalue weighted by atomic mass is 32.1. The van der Waals surface area contributed by atoms with E-state index in [1.807, 2.05) is 23.5 Å². The zero-order chi connectivity index (χ0) is 34.6. The van der Waals surface area contributed by atoms with Crippen LogP contribution in [0.2, 0.25) is 0 Å². The number of ether oxygens (including phenoxy) is 1. The summed E-state index contributed by atoms with van der Waals surface area (Å²) in [7, 11) is 0. The Kier molecular flexibility index (Phi) is 6.08. The standard InChI is InChI=1S/C50H30O2S/c1-3-15-37-35(13-1)47(30-21-23-33-32-11-5-8-18-42(32)51-44(33)28-30)36-14-2-4-16-38(36)48(37)40-25-24-31(50-49(40)39-17-6-9-19-43(39)52-50)29-22-26-46-41(27-29)34-12-7-10-20-45(34)53-46/h1-28,39,43H. The fourth-order valence-corrected chi connectivity index (χ4v) is 10.2. The fourth-order valence-electron chi connectivity index (χ4n) is 9.10. The molecule has 10 aromatic rings. The topological polar surface area (TPSA) is 22.4 Å². The largest absolute Gasteiger partial charge is 0.484 e. The molecule has 3 heterocycles. The highest BCUT2D eigenvalue weighted by Gasteiger charge is 2.37. The summed E-state index contributed by atoms with van der Waals surface area (Å²) in [5.41, 5.74) is 10.3. The van der Waals surface area contributed by atoms with Gasteiger partial charge in [0.2, 0.25) is 0 Å². The van der Waals surface area contributed by atoms with E-state index >= 15 is 0 Å². The van der Waals surface area contributed by atoms with Gasteiger partial charge in [0.25, 0.3) is 0 Å². The van der Waals surface area contributed by atoms with E-state index < -0.39 is 0 Å². The highest BCUT2D eigenvalue weighted by Crippen LogP contribution is 2.54. The average molecular weight is 695 g/mol. The van der Waals surface area contributed by atoms with Crippen LogP contribution >= 0.6 is 11.3 Å². The zero-order valence-electron chi connectivity index (χ0n) is 28.5. The molecule has 2 atom stereocenters. The number of benzene rings is 8. The minimum Gasteiger partial charge on any atom is -0.484 e. The van der Waals surface area contributed by atoms with Gasteiger partial charge in [-0.3, -0.25) is 0 Å². The van der Waals surface area contributed by atoms with E-state index in [1.165, 1.54) is 69.5 Å². The Bertz CT molecular complexity index is 3170. The van der Waals surface area contributed by atoms with Gasteiger partial charge in [0.05, 0.1) is 0 Å². The lowest BCUT2D eigenvalue weighted by Crippen LogP contribution is -2.15. The number of furan rings is 1. The van der Waals surface area contributed by atoms with E-state index in [4.69, 9.17) is 9.15 Å². The molecular formula is C50H30O2S. The maximum absolute atomic E-state index is 6.98. The highest BCUT2D eigenvalue weighted by molar-refractivity contribution is 7.25. The molecule has 1 aliphatic heterocycles. The van der Waals surface area contributed by atoms with Crippen LogP contribution in [0.5, 0.6) is 5.75 Å². The molecule has 0 saturated heterocycles. The smallest absolute Gasteiger partial charge is 0.136 e. The Morgan fingerprint density at radius 2 is 1.06 bits per heavy atom. The molecule has 2 aromatic heterocycles. The third-order valence-corrected chi connectivity index (χ3v) is 12.6. The predicted molar refractivity (Wildman–Crippen MR) is 223 cm³/mol. The molecule has 1 aliphatic carbocycles. The zero-order valence-corrected chi connectivity index (χ0v) is 29.4. The van der Waals surface area contributed by atoms with Crippen molar-refractivity contribution < 1.29 is 9.15 Å². The molecule has 0 saturated carbocycles. The van der Waals surface area contributed by atoms with Crippen LogP contribution in [-0.2, 0) is 0 Å². The van der Waals surface area contributed by atoms with Crippen molar-refractivity contribution in [2.75, 3.05) is 0 Å². The first kappa shape index (κ1) is 29.2. The molecule has 0 amide bonds. The van der Waals surface area contributed by atoms with Crippen molar-refractivity contribution in [2.24, 2.45) is 0 Å². The van der Waals surface area contributed by atoms with Crippen molar-refractivity contribution in [3.63, 3.8) is 0 Å². The first-order valence-electron chi connectivity index (χ1n) is 18.2. The van der Waals surface area contributed by atoms with Gasteiger partial charge in [0, 0.05) is 48.0 Å². The Hall–Kier alpha value is -6.42. The average Bonchev–Trinajstić information content (AvgIpc) is 3.91. The second kappa shape index (κ2) is 11.0. The quantitative estimate of drug-likeness (QED) is 0.172. The number of para-hydroxylation sites is 1. The molecule has 2 aliphatic rings. The lowest BCUT2D eigenvalue weighted by atomic mass is 9.80. The lowest BCUT2D eigenvalue weighted by Gasteiger charge is -2.21. The van der Waals surface area contributed by atoms with E-state index in [0.29, 0.717) is 0 Å². The third kappa shape index (κ3) is 4.20. The first-order valence-corrected chi connectivity index (χ1v) is 19.1. The molecule has 0 radical (unpaired) electrons. The van der Waals surface area contributed by atoms with Crippen molar-refractivity contribution in [2.45, 2.75) is 12.0 Å². The molecule has 8 aromatic carbocycles. The van der Waals surface area contributed by atoms with E-state index in [-0.39, 0.29) is 12.0 Å². The molecule has 248 valence electrons. The van der Waals surface area contributed by atoms with Gasteiger partial charge in [-0.2, -0.15) is 0 Å². The maximum Gasteiger partial charge on any atom is 0.136 e. The van der Waals surface area contributed by atoms with Crippen LogP contribution < -0.4 is 4.74 Å². The van der Waals surface area contributed by atoms with Gasteiger partial charge in [-0.05, 0) is 91.8 Å². The predicted octanol–water partition coefficient (Wildman–Crippen LogP) is 14.2. The second-order valence-electron chi connectivity index (χ2n) is 14.2. The van der Waals surface area contributed by atoms with Crippen molar-refractivity contribution in [1.29, 1.82) is 0 Å². The molecule has 53 heavy (non-hydrogen) atoms. The van der Waals surface area contributed by atoms with Gasteiger partial charge in [-0.1, -0.05) is 127 Å².